The molecule has 2 heterocycles. The molecule has 1 saturated heterocycles. The molecule has 25 heavy (non-hydrogen) atoms. The number of para-hydroxylation sites is 1. The second kappa shape index (κ2) is 7.74. The van der Waals surface area contributed by atoms with Crippen LogP contribution in [0.25, 0.3) is 0 Å². The summed E-state index contributed by atoms with van der Waals surface area (Å²) in [6, 6.07) is 8.02. The van der Waals surface area contributed by atoms with Gasteiger partial charge in [0.2, 0.25) is 6.41 Å². The Labute approximate surface area is 146 Å². The molecule has 7 nitrogen and oxygen atoms in total. The lowest BCUT2D eigenvalue weighted by Gasteiger charge is -2.32. The first-order chi connectivity index (χ1) is 12.2. The van der Waals surface area contributed by atoms with Gasteiger partial charge in [-0.05, 0) is 18.1 Å². The van der Waals surface area contributed by atoms with Gasteiger partial charge in [-0.1, -0.05) is 25.1 Å². The molecule has 0 radical (unpaired) electrons. The molecule has 0 bridgehead atoms. The number of amides is 2. The predicted octanol–water partition coefficient (Wildman–Crippen LogP) is 1.70. The maximum atomic E-state index is 12.5. The number of anilines is 2. The van der Waals surface area contributed by atoms with E-state index in [9.17, 15) is 9.59 Å². The normalized spacial score (nSPS) is 14.3. The van der Waals surface area contributed by atoms with Crippen molar-refractivity contribution in [2.45, 2.75) is 13.3 Å². The van der Waals surface area contributed by atoms with Crippen molar-refractivity contribution in [1.29, 1.82) is 0 Å². The minimum absolute atomic E-state index is 0.154. The molecule has 3 rings (SSSR count). The van der Waals surface area contributed by atoms with Crippen LogP contribution in [0.3, 0.4) is 0 Å². The Morgan fingerprint density at radius 1 is 1.16 bits per heavy atom. The molecule has 0 atom stereocenters. The molecule has 0 saturated carbocycles. The fourth-order valence-electron chi connectivity index (χ4n) is 2.78. The van der Waals surface area contributed by atoms with Gasteiger partial charge in [0.15, 0.2) is 0 Å². The van der Waals surface area contributed by atoms with Crippen molar-refractivity contribution >= 4 is 23.8 Å². The lowest BCUT2D eigenvalue weighted by molar-refractivity contribution is -0.119. The fraction of sp³-hybridized carbons (Fsp3) is 0.333. The van der Waals surface area contributed by atoms with E-state index in [1.54, 1.807) is 16.0 Å². The number of benzene rings is 1. The number of aryl methyl sites for hydroxylation is 1. The smallest absolute Gasteiger partial charge is 0.274 e. The Balaban J connectivity index is 1.66. The van der Waals surface area contributed by atoms with Gasteiger partial charge in [0.1, 0.15) is 11.5 Å². The van der Waals surface area contributed by atoms with Crippen molar-refractivity contribution in [2.75, 3.05) is 31.5 Å². The number of carbonyl (C=O) groups excluding carboxylic acids is 2. The van der Waals surface area contributed by atoms with Gasteiger partial charge in [-0.2, -0.15) is 0 Å². The third kappa shape index (κ3) is 3.93. The summed E-state index contributed by atoms with van der Waals surface area (Å²) in [6.45, 7) is 4.23. The maximum Gasteiger partial charge on any atom is 0.274 e. The van der Waals surface area contributed by atoms with Crippen LogP contribution in [0.2, 0.25) is 0 Å². The van der Waals surface area contributed by atoms with Gasteiger partial charge in [-0.15, -0.1) is 0 Å². The number of piperazine rings is 1. The molecule has 1 aromatic heterocycles. The van der Waals surface area contributed by atoms with Crippen LogP contribution in [-0.2, 0) is 11.2 Å². The fourth-order valence-corrected chi connectivity index (χ4v) is 2.78. The monoisotopic (exact) mass is 339 g/mol. The third-order valence-electron chi connectivity index (χ3n) is 4.28. The molecule has 0 spiro atoms. The molecule has 2 aromatic rings. The first kappa shape index (κ1) is 16.9. The number of nitrogens with zero attached hydrogens (tertiary/aromatic N) is 4. The zero-order chi connectivity index (χ0) is 17.6. The second-order valence-electron chi connectivity index (χ2n) is 5.86. The molecule has 0 aliphatic carbocycles. The average Bonchev–Trinajstić information content (AvgIpc) is 2.68. The summed E-state index contributed by atoms with van der Waals surface area (Å²) in [4.78, 5) is 35.1. The SMILES string of the molecule is CCc1ccccc1Nc1cnc(C(=O)N2CCN(C=O)CC2)cn1. The predicted molar refractivity (Wildman–Crippen MR) is 94.7 cm³/mol. The standard InChI is InChI=1S/C18H21N5O2/c1-2-14-5-3-4-6-15(14)21-17-12-19-16(11-20-17)18(25)23-9-7-22(13-24)8-10-23/h3-6,11-13H,2,7-10H2,1H3,(H,20,21). The van der Waals surface area contributed by atoms with Crippen LogP contribution in [0.1, 0.15) is 23.0 Å². The summed E-state index contributed by atoms with van der Waals surface area (Å²) in [5, 5.41) is 3.24. The van der Waals surface area contributed by atoms with E-state index in [0.29, 0.717) is 37.7 Å². The highest BCUT2D eigenvalue weighted by Crippen LogP contribution is 2.19. The molecule has 1 fully saturated rings. The van der Waals surface area contributed by atoms with Gasteiger partial charge < -0.3 is 15.1 Å². The van der Waals surface area contributed by atoms with Crippen LogP contribution in [0, 0.1) is 0 Å². The van der Waals surface area contributed by atoms with Gasteiger partial charge in [0.25, 0.3) is 5.91 Å². The van der Waals surface area contributed by atoms with Crippen molar-refractivity contribution < 1.29 is 9.59 Å². The summed E-state index contributed by atoms with van der Waals surface area (Å²) in [5.41, 5.74) is 2.50. The average molecular weight is 339 g/mol. The van der Waals surface area contributed by atoms with Gasteiger partial charge >= 0.3 is 0 Å². The summed E-state index contributed by atoms with van der Waals surface area (Å²) in [7, 11) is 0. The van der Waals surface area contributed by atoms with Crippen LogP contribution in [-0.4, -0.2) is 58.3 Å². The first-order valence-electron chi connectivity index (χ1n) is 8.37. The largest absolute Gasteiger partial charge is 0.342 e. The number of hydrogen-bond acceptors (Lipinski definition) is 5. The quantitative estimate of drug-likeness (QED) is 0.839. The summed E-state index contributed by atoms with van der Waals surface area (Å²) < 4.78 is 0. The molecule has 130 valence electrons. The number of hydrogen-bond donors (Lipinski definition) is 1. The van der Waals surface area contributed by atoms with E-state index in [4.69, 9.17) is 0 Å². The highest BCUT2D eigenvalue weighted by molar-refractivity contribution is 5.92. The minimum Gasteiger partial charge on any atom is -0.342 e. The van der Waals surface area contributed by atoms with E-state index in [1.807, 2.05) is 18.2 Å². The summed E-state index contributed by atoms with van der Waals surface area (Å²) in [6.07, 6.45) is 4.79. The van der Waals surface area contributed by atoms with E-state index >= 15 is 0 Å². The van der Waals surface area contributed by atoms with Gasteiger partial charge in [0.05, 0.1) is 12.4 Å². The first-order valence-corrected chi connectivity index (χ1v) is 8.37. The topological polar surface area (TPSA) is 78.4 Å². The van der Waals surface area contributed by atoms with Gasteiger partial charge in [-0.3, -0.25) is 9.59 Å². The molecule has 7 heteroatoms. The van der Waals surface area contributed by atoms with E-state index in [1.165, 1.54) is 11.8 Å². The number of aromatic nitrogens is 2. The van der Waals surface area contributed by atoms with Gasteiger partial charge in [0, 0.05) is 31.9 Å². The van der Waals surface area contributed by atoms with Crippen LogP contribution in [0.15, 0.2) is 36.7 Å². The zero-order valence-electron chi connectivity index (χ0n) is 14.2. The van der Waals surface area contributed by atoms with E-state index < -0.39 is 0 Å². The lowest BCUT2D eigenvalue weighted by Crippen LogP contribution is -2.48. The lowest BCUT2D eigenvalue weighted by atomic mass is 10.1. The highest BCUT2D eigenvalue weighted by atomic mass is 16.2. The van der Waals surface area contributed by atoms with Crippen LogP contribution in [0.5, 0.6) is 0 Å². The number of carbonyl (C=O) groups is 2. The molecule has 1 aromatic carbocycles. The van der Waals surface area contributed by atoms with E-state index in [2.05, 4.69) is 28.3 Å². The van der Waals surface area contributed by atoms with Crippen molar-refractivity contribution in [3.63, 3.8) is 0 Å². The second-order valence-corrected chi connectivity index (χ2v) is 5.86. The van der Waals surface area contributed by atoms with Crippen molar-refractivity contribution in [1.82, 2.24) is 19.8 Å². The molecular weight excluding hydrogens is 318 g/mol. The van der Waals surface area contributed by atoms with Crippen LogP contribution in [0.4, 0.5) is 11.5 Å². The van der Waals surface area contributed by atoms with Crippen LogP contribution < -0.4 is 5.32 Å². The van der Waals surface area contributed by atoms with Gasteiger partial charge in [-0.25, -0.2) is 9.97 Å². The maximum absolute atomic E-state index is 12.5. The molecule has 1 aliphatic heterocycles. The molecular formula is C18H21N5O2. The highest BCUT2D eigenvalue weighted by Gasteiger charge is 2.22. The third-order valence-corrected chi connectivity index (χ3v) is 4.28. The molecule has 2 amide bonds. The number of rotatable bonds is 5. The van der Waals surface area contributed by atoms with Crippen LogP contribution >= 0.6 is 0 Å². The Kier molecular flexibility index (Phi) is 5.23. The zero-order valence-corrected chi connectivity index (χ0v) is 14.2. The Bertz CT molecular complexity index is 739. The van der Waals surface area contributed by atoms with E-state index in [0.717, 1.165) is 18.5 Å². The Morgan fingerprint density at radius 2 is 1.92 bits per heavy atom. The number of nitrogens with one attached hydrogen (secondary N) is 1. The summed E-state index contributed by atoms with van der Waals surface area (Å²) >= 11 is 0. The van der Waals surface area contributed by atoms with Crippen molar-refractivity contribution in [2.24, 2.45) is 0 Å². The molecule has 0 unspecified atom stereocenters. The summed E-state index contributed by atoms with van der Waals surface area (Å²) in [5.74, 6) is 0.446. The molecule has 1 N–H and O–H groups in total. The van der Waals surface area contributed by atoms with Crippen molar-refractivity contribution in [3.8, 4) is 0 Å². The Morgan fingerprint density at radius 3 is 2.56 bits per heavy atom. The molecule has 1 aliphatic rings. The van der Waals surface area contributed by atoms with Crippen molar-refractivity contribution in [3.05, 3.63) is 47.9 Å². The minimum atomic E-state index is -0.154. The Hall–Kier alpha value is -2.96. The van der Waals surface area contributed by atoms with E-state index in [-0.39, 0.29) is 5.91 Å².